The molecule has 0 heterocycles. The highest BCUT2D eigenvalue weighted by Crippen LogP contribution is 2.21. The second-order valence-corrected chi connectivity index (χ2v) is 9.59. The van der Waals surface area contributed by atoms with Crippen molar-refractivity contribution in [2.24, 2.45) is 0 Å². The lowest BCUT2D eigenvalue weighted by Gasteiger charge is -2.31. The van der Waals surface area contributed by atoms with Crippen LogP contribution in [0.15, 0.2) is 89.8 Å². The van der Waals surface area contributed by atoms with Gasteiger partial charge in [0.1, 0.15) is 6.04 Å². The van der Waals surface area contributed by atoms with Gasteiger partial charge in [0, 0.05) is 29.4 Å². The first kappa shape index (κ1) is 25.9. The molecule has 1 unspecified atom stereocenters. The minimum Gasteiger partial charge on any atom is -0.354 e. The van der Waals surface area contributed by atoms with Crippen molar-refractivity contribution in [2.75, 3.05) is 12.3 Å². The summed E-state index contributed by atoms with van der Waals surface area (Å²) in [6.45, 7) is 3.02. The van der Waals surface area contributed by atoms with Gasteiger partial charge in [0.2, 0.25) is 11.8 Å². The highest BCUT2D eigenvalue weighted by molar-refractivity contribution is 8.00. The highest BCUT2D eigenvalue weighted by atomic mass is 35.5. The lowest BCUT2D eigenvalue weighted by molar-refractivity contribution is -0.139. The number of nitrogens with zero attached hydrogens (tertiary/aromatic N) is 1. The molecule has 2 amide bonds. The molecule has 0 fully saturated rings. The molecule has 3 aromatic carbocycles. The Morgan fingerprint density at radius 1 is 0.912 bits per heavy atom. The summed E-state index contributed by atoms with van der Waals surface area (Å²) in [6, 6.07) is 26.5. The first-order valence-electron chi connectivity index (χ1n) is 11.6. The Bertz CT molecular complexity index is 1030. The molecule has 0 aromatic heterocycles. The van der Waals surface area contributed by atoms with Crippen LogP contribution >= 0.6 is 23.4 Å². The lowest BCUT2D eigenvalue weighted by atomic mass is 10.0. The molecule has 1 atom stereocenters. The van der Waals surface area contributed by atoms with E-state index >= 15 is 0 Å². The number of carbonyl (C=O) groups excluding carboxylic acids is 2. The fraction of sp³-hybridized carbons (Fsp3) is 0.286. The van der Waals surface area contributed by atoms with Crippen LogP contribution in [-0.4, -0.2) is 35.1 Å². The molecule has 0 aliphatic heterocycles. The zero-order valence-corrected chi connectivity index (χ0v) is 21.0. The van der Waals surface area contributed by atoms with Crippen LogP contribution in [0.3, 0.4) is 0 Å². The van der Waals surface area contributed by atoms with E-state index in [2.05, 4.69) is 12.2 Å². The Balaban J connectivity index is 1.86. The van der Waals surface area contributed by atoms with Crippen LogP contribution in [0.1, 0.15) is 30.9 Å². The van der Waals surface area contributed by atoms with Gasteiger partial charge in [-0.15, -0.1) is 11.8 Å². The molecule has 178 valence electrons. The number of hydrogen-bond donors (Lipinski definition) is 1. The van der Waals surface area contributed by atoms with Crippen molar-refractivity contribution in [3.05, 3.63) is 101 Å². The molecule has 6 heteroatoms. The molecule has 3 rings (SSSR count). The van der Waals surface area contributed by atoms with Gasteiger partial charge >= 0.3 is 0 Å². The average Bonchev–Trinajstić information content (AvgIpc) is 2.87. The van der Waals surface area contributed by atoms with Gasteiger partial charge in [0.05, 0.1) is 5.75 Å². The van der Waals surface area contributed by atoms with Crippen LogP contribution < -0.4 is 5.32 Å². The van der Waals surface area contributed by atoms with Gasteiger partial charge < -0.3 is 10.2 Å². The van der Waals surface area contributed by atoms with Crippen molar-refractivity contribution in [1.29, 1.82) is 0 Å². The van der Waals surface area contributed by atoms with E-state index in [1.807, 2.05) is 84.9 Å². The standard InChI is InChI=1S/C28H31ClN2O2S/c1-2-3-18-30-28(33)26(19-22-10-6-4-7-11-22)31(20-23-14-16-24(29)17-15-23)27(32)21-34-25-12-8-5-9-13-25/h4-17,26H,2-3,18-21H2,1H3,(H,30,33). The summed E-state index contributed by atoms with van der Waals surface area (Å²) >= 11 is 7.55. The van der Waals surface area contributed by atoms with Gasteiger partial charge in [-0.1, -0.05) is 85.6 Å². The van der Waals surface area contributed by atoms with E-state index in [9.17, 15) is 9.59 Å². The second kappa shape index (κ2) is 13.8. The first-order chi connectivity index (χ1) is 16.6. The molecular weight excluding hydrogens is 464 g/mol. The first-order valence-corrected chi connectivity index (χ1v) is 13.0. The normalized spacial score (nSPS) is 11.6. The fourth-order valence-corrected chi connectivity index (χ4v) is 4.52. The van der Waals surface area contributed by atoms with E-state index in [0.29, 0.717) is 24.5 Å². The quantitative estimate of drug-likeness (QED) is 0.248. The summed E-state index contributed by atoms with van der Waals surface area (Å²) in [4.78, 5) is 29.6. The van der Waals surface area contributed by atoms with Crippen LogP contribution in [0.2, 0.25) is 5.02 Å². The second-order valence-electron chi connectivity index (χ2n) is 8.10. The molecule has 0 spiro atoms. The minimum absolute atomic E-state index is 0.0737. The van der Waals surface area contributed by atoms with Crippen LogP contribution in [0.4, 0.5) is 0 Å². The number of amides is 2. The Kier molecular flexibility index (Phi) is 10.5. The number of rotatable bonds is 12. The van der Waals surface area contributed by atoms with Crippen molar-refractivity contribution in [3.63, 3.8) is 0 Å². The summed E-state index contributed by atoms with van der Waals surface area (Å²) in [6.07, 6.45) is 2.34. The number of halogens is 1. The van der Waals surface area contributed by atoms with Crippen molar-refractivity contribution < 1.29 is 9.59 Å². The van der Waals surface area contributed by atoms with E-state index in [-0.39, 0.29) is 17.6 Å². The Morgan fingerprint density at radius 2 is 1.56 bits per heavy atom. The van der Waals surface area contributed by atoms with Gasteiger partial charge in [-0.2, -0.15) is 0 Å². The minimum atomic E-state index is -0.612. The van der Waals surface area contributed by atoms with Crippen molar-refractivity contribution in [2.45, 2.75) is 43.7 Å². The Morgan fingerprint density at radius 3 is 2.21 bits per heavy atom. The predicted octanol–water partition coefficient (Wildman–Crippen LogP) is 5.99. The van der Waals surface area contributed by atoms with Gasteiger partial charge in [0.25, 0.3) is 0 Å². The maximum Gasteiger partial charge on any atom is 0.243 e. The zero-order valence-electron chi connectivity index (χ0n) is 19.5. The van der Waals surface area contributed by atoms with Gasteiger partial charge in [-0.25, -0.2) is 0 Å². The molecular formula is C28H31ClN2O2S. The number of hydrogen-bond acceptors (Lipinski definition) is 3. The molecule has 34 heavy (non-hydrogen) atoms. The van der Waals surface area contributed by atoms with Crippen molar-refractivity contribution >= 4 is 35.2 Å². The lowest BCUT2D eigenvalue weighted by Crippen LogP contribution is -2.51. The average molecular weight is 495 g/mol. The van der Waals surface area contributed by atoms with Crippen LogP contribution in [-0.2, 0) is 22.6 Å². The number of unbranched alkanes of at least 4 members (excludes halogenated alkanes) is 1. The molecule has 0 saturated carbocycles. The van der Waals surface area contributed by atoms with E-state index in [1.54, 1.807) is 4.90 Å². The molecule has 1 N–H and O–H groups in total. The zero-order chi connectivity index (χ0) is 24.2. The SMILES string of the molecule is CCCCNC(=O)C(Cc1ccccc1)N(Cc1ccc(Cl)cc1)C(=O)CSc1ccccc1. The predicted molar refractivity (Wildman–Crippen MR) is 141 cm³/mol. The number of nitrogens with one attached hydrogen (secondary N) is 1. The summed E-state index contributed by atoms with van der Waals surface area (Å²) in [5, 5.41) is 3.69. The highest BCUT2D eigenvalue weighted by Gasteiger charge is 2.30. The molecule has 3 aromatic rings. The molecule has 0 aliphatic rings. The van der Waals surface area contributed by atoms with E-state index in [1.165, 1.54) is 11.8 Å². The van der Waals surface area contributed by atoms with Crippen LogP contribution in [0.5, 0.6) is 0 Å². The maximum absolute atomic E-state index is 13.6. The monoisotopic (exact) mass is 494 g/mol. The van der Waals surface area contributed by atoms with E-state index in [4.69, 9.17) is 11.6 Å². The number of carbonyl (C=O) groups is 2. The summed E-state index contributed by atoms with van der Waals surface area (Å²) < 4.78 is 0. The molecule has 0 saturated heterocycles. The van der Waals surface area contributed by atoms with Crippen LogP contribution in [0.25, 0.3) is 0 Å². The van der Waals surface area contributed by atoms with Crippen molar-refractivity contribution in [3.8, 4) is 0 Å². The Labute approximate surface area is 211 Å². The molecule has 0 bridgehead atoms. The molecule has 0 aliphatic carbocycles. The van der Waals surface area contributed by atoms with E-state index in [0.717, 1.165) is 28.9 Å². The third-order valence-electron chi connectivity index (χ3n) is 5.47. The third kappa shape index (κ3) is 8.23. The van der Waals surface area contributed by atoms with Gasteiger partial charge in [-0.3, -0.25) is 9.59 Å². The smallest absolute Gasteiger partial charge is 0.243 e. The van der Waals surface area contributed by atoms with Gasteiger partial charge in [0.15, 0.2) is 0 Å². The Hall–Kier alpha value is -2.76. The summed E-state index contributed by atoms with van der Waals surface area (Å²) in [7, 11) is 0. The maximum atomic E-state index is 13.6. The molecule has 4 nitrogen and oxygen atoms in total. The largest absolute Gasteiger partial charge is 0.354 e. The fourth-order valence-electron chi connectivity index (χ4n) is 3.59. The van der Waals surface area contributed by atoms with Crippen molar-refractivity contribution in [1.82, 2.24) is 10.2 Å². The summed E-state index contributed by atoms with van der Waals surface area (Å²) in [5.74, 6) is 0.0604. The third-order valence-corrected chi connectivity index (χ3v) is 6.72. The summed E-state index contributed by atoms with van der Waals surface area (Å²) in [5.41, 5.74) is 1.95. The number of thioether (sulfide) groups is 1. The van der Waals surface area contributed by atoms with Crippen LogP contribution in [0, 0.1) is 0 Å². The molecule has 0 radical (unpaired) electrons. The number of benzene rings is 3. The van der Waals surface area contributed by atoms with Gasteiger partial charge in [-0.05, 0) is 41.8 Å². The topological polar surface area (TPSA) is 49.4 Å². The van der Waals surface area contributed by atoms with E-state index < -0.39 is 6.04 Å².